The van der Waals surface area contributed by atoms with Crippen molar-refractivity contribution in [3.8, 4) is 0 Å². The SMILES string of the molecule is O=C1Cc2cc(CC3CCCNC3)cc(F)c2N1. The zero-order valence-electron chi connectivity index (χ0n) is 10.3. The first kappa shape index (κ1) is 11.7. The molecule has 3 rings (SSSR count). The lowest BCUT2D eigenvalue weighted by atomic mass is 9.91. The fourth-order valence-electron chi connectivity index (χ4n) is 2.91. The maximum Gasteiger partial charge on any atom is 0.228 e. The number of amides is 1. The highest BCUT2D eigenvalue weighted by molar-refractivity contribution is 5.99. The van der Waals surface area contributed by atoms with E-state index in [1.54, 1.807) is 6.07 Å². The highest BCUT2D eigenvalue weighted by atomic mass is 19.1. The molecule has 0 radical (unpaired) electrons. The van der Waals surface area contributed by atoms with Crippen LogP contribution in [0.5, 0.6) is 0 Å². The third-order valence-electron chi connectivity index (χ3n) is 3.77. The summed E-state index contributed by atoms with van der Waals surface area (Å²) in [6.07, 6.45) is 3.59. The standard InChI is InChI=1S/C14H17FN2O/c15-12-6-10(4-9-2-1-3-16-8-9)5-11-7-13(18)17-14(11)12/h5-6,9,16H,1-4,7-8H2,(H,17,18). The van der Waals surface area contributed by atoms with Gasteiger partial charge in [0.25, 0.3) is 0 Å². The third kappa shape index (κ3) is 2.25. The summed E-state index contributed by atoms with van der Waals surface area (Å²) in [4.78, 5) is 11.3. The van der Waals surface area contributed by atoms with Crippen LogP contribution in [0.15, 0.2) is 12.1 Å². The van der Waals surface area contributed by atoms with Crippen molar-refractivity contribution in [2.45, 2.75) is 25.7 Å². The summed E-state index contributed by atoms with van der Waals surface area (Å²) in [5.41, 5.74) is 2.20. The molecule has 0 bridgehead atoms. The van der Waals surface area contributed by atoms with Gasteiger partial charge in [-0.2, -0.15) is 0 Å². The number of anilines is 1. The van der Waals surface area contributed by atoms with Crippen molar-refractivity contribution in [1.29, 1.82) is 0 Å². The molecular weight excluding hydrogens is 231 g/mol. The molecular formula is C14H17FN2O. The summed E-state index contributed by atoms with van der Waals surface area (Å²) in [6.45, 7) is 2.10. The molecule has 1 aromatic rings. The number of fused-ring (bicyclic) bond motifs is 1. The van der Waals surface area contributed by atoms with E-state index >= 15 is 0 Å². The Labute approximate surface area is 106 Å². The predicted molar refractivity (Wildman–Crippen MR) is 68.0 cm³/mol. The molecule has 0 saturated carbocycles. The van der Waals surface area contributed by atoms with E-state index in [1.165, 1.54) is 12.8 Å². The predicted octanol–water partition coefficient (Wildman–Crippen LogP) is 1.86. The molecule has 1 amide bonds. The molecule has 0 spiro atoms. The van der Waals surface area contributed by atoms with Crippen molar-refractivity contribution in [1.82, 2.24) is 5.32 Å². The molecule has 1 atom stereocenters. The Morgan fingerprint density at radius 3 is 3.06 bits per heavy atom. The second kappa shape index (κ2) is 4.69. The Morgan fingerprint density at radius 2 is 2.28 bits per heavy atom. The zero-order valence-corrected chi connectivity index (χ0v) is 10.3. The summed E-state index contributed by atoms with van der Waals surface area (Å²) in [5.74, 6) is 0.179. The van der Waals surface area contributed by atoms with Crippen LogP contribution in [0.2, 0.25) is 0 Å². The highest BCUT2D eigenvalue weighted by Crippen LogP contribution is 2.29. The second-order valence-electron chi connectivity index (χ2n) is 5.25. The van der Waals surface area contributed by atoms with Crippen molar-refractivity contribution in [2.75, 3.05) is 18.4 Å². The van der Waals surface area contributed by atoms with Gasteiger partial charge in [0.1, 0.15) is 5.82 Å². The Kier molecular flexibility index (Phi) is 3.04. The van der Waals surface area contributed by atoms with Crippen molar-refractivity contribution in [3.63, 3.8) is 0 Å². The molecule has 0 aromatic heterocycles. The van der Waals surface area contributed by atoms with E-state index < -0.39 is 0 Å². The van der Waals surface area contributed by atoms with Crippen molar-refractivity contribution in [2.24, 2.45) is 5.92 Å². The first-order chi connectivity index (χ1) is 8.72. The van der Waals surface area contributed by atoms with Crippen LogP contribution in [-0.4, -0.2) is 19.0 Å². The number of carbonyl (C=O) groups excluding carboxylic acids is 1. The summed E-state index contributed by atoms with van der Waals surface area (Å²) in [6, 6.07) is 3.55. The fraction of sp³-hybridized carbons (Fsp3) is 0.500. The van der Waals surface area contributed by atoms with Crippen LogP contribution in [0, 0.1) is 11.7 Å². The molecule has 1 fully saturated rings. The molecule has 96 valence electrons. The Balaban J connectivity index is 1.79. The van der Waals surface area contributed by atoms with Crippen LogP contribution >= 0.6 is 0 Å². The van der Waals surface area contributed by atoms with Crippen LogP contribution in [0.25, 0.3) is 0 Å². The molecule has 3 nitrogen and oxygen atoms in total. The smallest absolute Gasteiger partial charge is 0.228 e. The summed E-state index contributed by atoms with van der Waals surface area (Å²) in [7, 11) is 0. The maximum atomic E-state index is 13.8. The van der Waals surface area contributed by atoms with Gasteiger partial charge >= 0.3 is 0 Å². The van der Waals surface area contributed by atoms with Crippen LogP contribution in [0.3, 0.4) is 0 Å². The van der Waals surface area contributed by atoms with Crippen LogP contribution < -0.4 is 10.6 Å². The van der Waals surface area contributed by atoms with E-state index in [9.17, 15) is 9.18 Å². The Morgan fingerprint density at radius 1 is 1.39 bits per heavy atom. The molecule has 1 unspecified atom stereocenters. The molecule has 2 aliphatic heterocycles. The number of rotatable bonds is 2. The normalized spacial score (nSPS) is 22.7. The lowest BCUT2D eigenvalue weighted by Gasteiger charge is -2.22. The van der Waals surface area contributed by atoms with Crippen LogP contribution in [0.4, 0.5) is 10.1 Å². The third-order valence-corrected chi connectivity index (χ3v) is 3.77. The minimum atomic E-state index is -0.294. The van der Waals surface area contributed by atoms with E-state index in [-0.39, 0.29) is 11.7 Å². The van der Waals surface area contributed by atoms with E-state index in [2.05, 4.69) is 10.6 Å². The van der Waals surface area contributed by atoms with Crippen molar-refractivity contribution in [3.05, 3.63) is 29.1 Å². The Bertz CT molecular complexity index is 481. The maximum absolute atomic E-state index is 13.8. The molecule has 0 aliphatic carbocycles. The fourth-order valence-corrected chi connectivity index (χ4v) is 2.91. The highest BCUT2D eigenvalue weighted by Gasteiger charge is 2.23. The minimum Gasteiger partial charge on any atom is -0.323 e. The monoisotopic (exact) mass is 248 g/mol. The summed E-state index contributed by atoms with van der Waals surface area (Å²) in [5, 5.41) is 5.94. The Hall–Kier alpha value is -1.42. The molecule has 2 aliphatic rings. The average Bonchev–Trinajstić information content (AvgIpc) is 2.72. The molecule has 1 aromatic carbocycles. The van der Waals surface area contributed by atoms with E-state index in [4.69, 9.17) is 0 Å². The van der Waals surface area contributed by atoms with Crippen molar-refractivity contribution >= 4 is 11.6 Å². The number of piperidine rings is 1. The number of halogens is 1. The second-order valence-corrected chi connectivity index (χ2v) is 5.25. The summed E-state index contributed by atoms with van der Waals surface area (Å²) >= 11 is 0. The van der Waals surface area contributed by atoms with Gasteiger partial charge in [-0.15, -0.1) is 0 Å². The van der Waals surface area contributed by atoms with Gasteiger partial charge in [0, 0.05) is 0 Å². The largest absolute Gasteiger partial charge is 0.323 e. The number of benzene rings is 1. The van der Waals surface area contributed by atoms with Gasteiger partial charge in [-0.25, -0.2) is 4.39 Å². The van der Waals surface area contributed by atoms with Crippen LogP contribution in [0.1, 0.15) is 24.0 Å². The zero-order chi connectivity index (χ0) is 12.5. The van der Waals surface area contributed by atoms with E-state index in [0.717, 1.165) is 30.6 Å². The van der Waals surface area contributed by atoms with E-state index in [0.29, 0.717) is 18.0 Å². The van der Waals surface area contributed by atoms with E-state index in [1.807, 2.05) is 6.07 Å². The van der Waals surface area contributed by atoms with Crippen LogP contribution in [-0.2, 0) is 17.6 Å². The van der Waals surface area contributed by atoms with Gasteiger partial charge in [-0.05, 0) is 55.5 Å². The van der Waals surface area contributed by atoms with Gasteiger partial charge in [-0.3, -0.25) is 4.79 Å². The lowest BCUT2D eigenvalue weighted by molar-refractivity contribution is -0.115. The number of nitrogens with one attached hydrogen (secondary N) is 2. The molecule has 18 heavy (non-hydrogen) atoms. The molecule has 1 saturated heterocycles. The quantitative estimate of drug-likeness (QED) is 0.838. The number of hydrogen-bond donors (Lipinski definition) is 2. The average molecular weight is 248 g/mol. The van der Waals surface area contributed by atoms with Gasteiger partial charge in [0.2, 0.25) is 5.91 Å². The minimum absolute atomic E-state index is 0.111. The summed E-state index contributed by atoms with van der Waals surface area (Å²) < 4.78 is 13.8. The molecule has 2 heterocycles. The van der Waals surface area contributed by atoms with Gasteiger partial charge in [0.15, 0.2) is 0 Å². The van der Waals surface area contributed by atoms with Gasteiger partial charge in [0.05, 0.1) is 12.1 Å². The first-order valence-electron chi connectivity index (χ1n) is 6.54. The van der Waals surface area contributed by atoms with Crippen molar-refractivity contribution < 1.29 is 9.18 Å². The first-order valence-corrected chi connectivity index (χ1v) is 6.54. The molecule has 2 N–H and O–H groups in total. The number of hydrogen-bond acceptors (Lipinski definition) is 2. The topological polar surface area (TPSA) is 41.1 Å². The number of carbonyl (C=O) groups is 1. The molecule has 4 heteroatoms. The lowest BCUT2D eigenvalue weighted by Crippen LogP contribution is -2.30. The van der Waals surface area contributed by atoms with Gasteiger partial charge < -0.3 is 10.6 Å². The van der Waals surface area contributed by atoms with Gasteiger partial charge in [-0.1, -0.05) is 6.07 Å².